The number of furan rings is 1. The summed E-state index contributed by atoms with van der Waals surface area (Å²) in [6.07, 6.45) is 12.7. The number of nitrogens with zero attached hydrogens (tertiary/aromatic N) is 3. The highest BCUT2D eigenvalue weighted by Gasteiger charge is 2.18. The van der Waals surface area contributed by atoms with Gasteiger partial charge in [0.15, 0.2) is 0 Å². The average molecular weight is 572 g/mol. The molecule has 44 heavy (non-hydrogen) atoms. The van der Waals surface area contributed by atoms with Gasteiger partial charge in [-0.1, -0.05) is 78.9 Å². The van der Waals surface area contributed by atoms with Gasteiger partial charge in [-0.25, -0.2) is 0 Å². The fraction of sp³-hybridized carbons (Fsp3) is 0.0750. The number of anilines is 2. The van der Waals surface area contributed by atoms with Crippen LogP contribution in [0.2, 0.25) is 0 Å². The van der Waals surface area contributed by atoms with Gasteiger partial charge in [-0.15, -0.1) is 0 Å². The summed E-state index contributed by atoms with van der Waals surface area (Å²) in [5.74, 6) is 0.781. The van der Waals surface area contributed by atoms with Gasteiger partial charge in [-0.2, -0.15) is 0 Å². The zero-order valence-electron chi connectivity index (χ0n) is 25.0. The monoisotopic (exact) mass is 571 g/mol. The summed E-state index contributed by atoms with van der Waals surface area (Å²) < 4.78 is 8.50. The number of para-hydroxylation sites is 4. The van der Waals surface area contributed by atoms with Gasteiger partial charge in [0, 0.05) is 39.5 Å². The summed E-state index contributed by atoms with van der Waals surface area (Å²) in [6.45, 7) is 12.7. The lowest BCUT2D eigenvalue weighted by Crippen LogP contribution is -2.29. The number of aliphatic imine (C=N–C) groups is 1. The molecule has 4 nitrogen and oxygen atoms in total. The minimum absolute atomic E-state index is 0.710. The Morgan fingerprint density at radius 1 is 0.864 bits per heavy atom. The molecule has 0 unspecified atom stereocenters. The van der Waals surface area contributed by atoms with Crippen molar-refractivity contribution in [3.63, 3.8) is 0 Å². The fourth-order valence-corrected chi connectivity index (χ4v) is 6.29. The molecule has 3 heterocycles. The molecular formula is C40H33N3O. The third kappa shape index (κ3) is 4.52. The maximum absolute atomic E-state index is 6.14. The summed E-state index contributed by atoms with van der Waals surface area (Å²) in [5.41, 5.74) is 9.48. The summed E-state index contributed by atoms with van der Waals surface area (Å²) in [6, 6.07) is 31.9. The first kappa shape index (κ1) is 27.2. The average Bonchev–Trinajstić information content (AvgIpc) is 3.57. The number of rotatable bonds is 5. The van der Waals surface area contributed by atoms with Crippen molar-refractivity contribution < 1.29 is 4.42 Å². The molecule has 2 aromatic heterocycles. The van der Waals surface area contributed by atoms with Crippen LogP contribution >= 0.6 is 0 Å². The second kappa shape index (κ2) is 11.2. The topological polar surface area (TPSA) is 33.7 Å². The van der Waals surface area contributed by atoms with E-state index >= 15 is 0 Å². The molecule has 1 aliphatic rings. The summed E-state index contributed by atoms with van der Waals surface area (Å²) in [7, 11) is 0. The van der Waals surface area contributed by atoms with Crippen molar-refractivity contribution in [3.05, 3.63) is 143 Å². The molecule has 0 atom stereocenters. The van der Waals surface area contributed by atoms with E-state index in [9.17, 15) is 0 Å². The highest BCUT2D eigenvalue weighted by molar-refractivity contribution is 5.93. The predicted octanol–water partition coefficient (Wildman–Crippen LogP) is 9.09. The quantitative estimate of drug-likeness (QED) is 0.193. The van der Waals surface area contributed by atoms with Crippen LogP contribution in [0.1, 0.15) is 30.7 Å². The molecule has 4 heteroatoms. The molecule has 214 valence electrons. The molecule has 7 rings (SSSR count). The summed E-state index contributed by atoms with van der Waals surface area (Å²) in [4.78, 5) is 6.69. The number of fused-ring (bicyclic) bond motifs is 5. The molecule has 0 N–H and O–H groups in total. The van der Waals surface area contributed by atoms with Crippen LogP contribution < -0.4 is 15.5 Å². The highest BCUT2D eigenvalue weighted by atomic mass is 16.3. The van der Waals surface area contributed by atoms with Crippen molar-refractivity contribution in [1.29, 1.82) is 0 Å². The third-order valence-corrected chi connectivity index (χ3v) is 8.27. The number of hydrogen-bond donors (Lipinski definition) is 0. The molecule has 0 spiro atoms. The smallest absolute Gasteiger partial charge is 0.135 e. The lowest BCUT2D eigenvalue weighted by Gasteiger charge is -2.28. The first-order chi connectivity index (χ1) is 21.6. The van der Waals surface area contributed by atoms with Crippen molar-refractivity contribution in [2.75, 3.05) is 11.4 Å². The van der Waals surface area contributed by atoms with Gasteiger partial charge in [0.25, 0.3) is 0 Å². The van der Waals surface area contributed by atoms with Crippen molar-refractivity contribution in [2.24, 2.45) is 4.99 Å². The van der Waals surface area contributed by atoms with Crippen LogP contribution in [0.15, 0.2) is 125 Å². The summed E-state index contributed by atoms with van der Waals surface area (Å²) in [5, 5.41) is 4.55. The molecule has 0 bridgehead atoms. The molecule has 1 aliphatic heterocycles. The molecule has 0 saturated heterocycles. The van der Waals surface area contributed by atoms with Gasteiger partial charge in [0.05, 0.1) is 22.2 Å². The van der Waals surface area contributed by atoms with Crippen LogP contribution in [0.5, 0.6) is 0 Å². The molecule has 0 aliphatic carbocycles. The predicted molar refractivity (Wildman–Crippen MR) is 188 cm³/mol. The van der Waals surface area contributed by atoms with E-state index in [4.69, 9.17) is 4.42 Å². The Morgan fingerprint density at radius 2 is 1.64 bits per heavy atom. The first-order valence-corrected chi connectivity index (χ1v) is 14.8. The van der Waals surface area contributed by atoms with Crippen LogP contribution in [0, 0.1) is 0 Å². The van der Waals surface area contributed by atoms with E-state index in [2.05, 4.69) is 138 Å². The molecule has 6 aromatic rings. The Kier molecular flexibility index (Phi) is 6.95. The van der Waals surface area contributed by atoms with Crippen molar-refractivity contribution in [2.45, 2.75) is 13.8 Å². The lowest BCUT2D eigenvalue weighted by atomic mass is 10.1. The normalized spacial score (nSPS) is 16.0. The van der Waals surface area contributed by atoms with Gasteiger partial charge in [-0.05, 0) is 86.8 Å². The van der Waals surface area contributed by atoms with Gasteiger partial charge in [-0.3, -0.25) is 4.99 Å². The van der Waals surface area contributed by atoms with Gasteiger partial charge >= 0.3 is 0 Å². The van der Waals surface area contributed by atoms with Crippen LogP contribution in [0.25, 0.3) is 51.9 Å². The van der Waals surface area contributed by atoms with E-state index in [1.807, 2.05) is 25.1 Å². The van der Waals surface area contributed by atoms with E-state index in [-0.39, 0.29) is 0 Å². The Balaban J connectivity index is 1.55. The number of aromatic nitrogens is 1. The highest BCUT2D eigenvalue weighted by Crippen LogP contribution is 2.37. The Morgan fingerprint density at radius 3 is 2.45 bits per heavy atom. The second-order valence-corrected chi connectivity index (χ2v) is 11.0. The largest absolute Gasteiger partial charge is 0.456 e. The minimum atomic E-state index is 0.710. The van der Waals surface area contributed by atoms with Crippen LogP contribution in [-0.2, 0) is 0 Å². The molecular weight excluding hydrogens is 538 g/mol. The Hall–Kier alpha value is -5.61. The molecule has 0 radical (unpaired) electrons. The second-order valence-electron chi connectivity index (χ2n) is 11.0. The van der Waals surface area contributed by atoms with Crippen molar-refractivity contribution >= 4 is 70.0 Å². The number of allylic oxidation sites excluding steroid dienone is 2. The first-order valence-electron chi connectivity index (χ1n) is 14.8. The van der Waals surface area contributed by atoms with E-state index in [0.29, 0.717) is 6.54 Å². The maximum atomic E-state index is 6.14. The molecule has 0 fully saturated rings. The van der Waals surface area contributed by atoms with Gasteiger partial charge in [0.1, 0.15) is 11.3 Å². The Bertz CT molecular complexity index is 2280. The maximum Gasteiger partial charge on any atom is 0.135 e. The molecule has 0 amide bonds. The standard InChI is InChI=1S/C40H33N3O/c1-5-13-31-33-25-29(21-23-40(33)44-39(31)6-2)43-36-18-11-8-15-30(36)32-24-28-14-7-10-17-35(28)42(26-27(3)20-22-37(32)43)38-19-12-9-16-34(38)41-4/h5-25H,2,4,26H2,1,3H3/b13-5-,27-20+,32-24+,37-22+. The Labute approximate surface area is 257 Å². The summed E-state index contributed by atoms with van der Waals surface area (Å²) >= 11 is 0. The number of benzene rings is 4. The van der Waals surface area contributed by atoms with E-state index in [0.717, 1.165) is 61.5 Å². The number of hydrogen-bond acceptors (Lipinski definition) is 3. The van der Waals surface area contributed by atoms with E-state index < -0.39 is 0 Å². The lowest BCUT2D eigenvalue weighted by molar-refractivity contribution is 0.603. The van der Waals surface area contributed by atoms with Crippen LogP contribution in [0.3, 0.4) is 0 Å². The van der Waals surface area contributed by atoms with Gasteiger partial charge < -0.3 is 13.9 Å². The van der Waals surface area contributed by atoms with E-state index in [1.54, 1.807) is 6.08 Å². The molecule has 0 saturated carbocycles. The van der Waals surface area contributed by atoms with Crippen molar-refractivity contribution in [1.82, 2.24) is 4.57 Å². The van der Waals surface area contributed by atoms with Crippen LogP contribution in [-0.4, -0.2) is 17.8 Å². The van der Waals surface area contributed by atoms with Gasteiger partial charge in [0.2, 0.25) is 0 Å². The minimum Gasteiger partial charge on any atom is -0.456 e. The molecule has 4 aromatic carbocycles. The van der Waals surface area contributed by atoms with Crippen LogP contribution in [0.4, 0.5) is 17.1 Å². The zero-order valence-corrected chi connectivity index (χ0v) is 25.0. The van der Waals surface area contributed by atoms with Crippen molar-refractivity contribution in [3.8, 4) is 5.69 Å². The zero-order chi connectivity index (χ0) is 30.2. The SMILES string of the molecule is C=Cc1oc2ccc(-n3c4/c(c5ccccc53)=C/c3ccccc3N(c3ccccc3N=C)C\C(C)=C\C=4)cc2c1/C=C\C. The fourth-order valence-electron chi connectivity index (χ4n) is 6.29. The third-order valence-electron chi connectivity index (χ3n) is 8.27. The van der Waals surface area contributed by atoms with E-state index in [1.165, 1.54) is 16.2 Å².